The highest BCUT2D eigenvalue weighted by Crippen LogP contribution is 2.24. The largest absolute Gasteiger partial charge is 0.481 e. The molecule has 4 nitrogen and oxygen atoms in total. The van der Waals surface area contributed by atoms with E-state index in [1.807, 2.05) is 68.4 Å². The maximum Gasteiger partial charge on any atom is 0.310 e. The molecule has 2 rings (SSSR count). The lowest BCUT2D eigenvalue weighted by molar-refractivity contribution is -0.157. The molecule has 0 saturated carbocycles. The van der Waals surface area contributed by atoms with Crippen LogP contribution in [0.15, 0.2) is 54.6 Å². The van der Waals surface area contributed by atoms with Gasteiger partial charge in [0, 0.05) is 0 Å². The van der Waals surface area contributed by atoms with Crippen LogP contribution in [0.5, 0.6) is 0 Å². The Morgan fingerprint density at radius 3 is 2.11 bits per heavy atom. The second-order valence-electron chi connectivity index (χ2n) is 6.95. The Morgan fingerprint density at radius 1 is 0.926 bits per heavy atom. The van der Waals surface area contributed by atoms with Gasteiger partial charge in [0.2, 0.25) is 0 Å². The van der Waals surface area contributed by atoms with Crippen molar-refractivity contribution in [2.45, 2.75) is 39.5 Å². The van der Waals surface area contributed by atoms with Crippen molar-refractivity contribution in [3.8, 4) is 0 Å². The molecular formula is C23H28O4. The van der Waals surface area contributed by atoms with Gasteiger partial charge < -0.3 is 9.84 Å². The van der Waals surface area contributed by atoms with Crippen molar-refractivity contribution in [3.05, 3.63) is 71.3 Å². The van der Waals surface area contributed by atoms with Crippen molar-refractivity contribution in [2.75, 3.05) is 6.61 Å². The summed E-state index contributed by atoms with van der Waals surface area (Å²) in [6.07, 6.45) is 2.35. The van der Waals surface area contributed by atoms with Crippen LogP contribution in [0.4, 0.5) is 0 Å². The molecule has 2 atom stereocenters. The minimum absolute atomic E-state index is 0.301. The molecule has 27 heavy (non-hydrogen) atoms. The van der Waals surface area contributed by atoms with E-state index in [9.17, 15) is 14.7 Å². The topological polar surface area (TPSA) is 63.6 Å². The van der Waals surface area contributed by atoms with Crippen LogP contribution in [0.1, 0.15) is 36.5 Å². The van der Waals surface area contributed by atoms with Crippen molar-refractivity contribution in [2.24, 2.45) is 11.8 Å². The number of aliphatic carboxylic acids is 1. The lowest BCUT2D eigenvalue weighted by Crippen LogP contribution is -2.34. The van der Waals surface area contributed by atoms with Gasteiger partial charge in [-0.15, -0.1) is 0 Å². The highest BCUT2D eigenvalue weighted by molar-refractivity contribution is 5.81. The van der Waals surface area contributed by atoms with Crippen LogP contribution in [-0.2, 0) is 27.2 Å². The molecule has 0 aliphatic carbocycles. The third-order valence-corrected chi connectivity index (χ3v) is 4.72. The highest BCUT2D eigenvalue weighted by atomic mass is 16.5. The molecule has 0 unspecified atom stereocenters. The van der Waals surface area contributed by atoms with Crippen molar-refractivity contribution in [3.63, 3.8) is 0 Å². The molecule has 0 aliphatic heterocycles. The van der Waals surface area contributed by atoms with E-state index in [-0.39, 0.29) is 0 Å². The van der Waals surface area contributed by atoms with E-state index in [0.29, 0.717) is 19.4 Å². The monoisotopic (exact) mass is 368 g/mol. The molecule has 0 heterocycles. The number of carbonyl (C=O) groups excluding carboxylic acids is 1. The first-order chi connectivity index (χ1) is 13.0. The summed E-state index contributed by atoms with van der Waals surface area (Å²) in [4.78, 5) is 24.8. The summed E-state index contributed by atoms with van der Waals surface area (Å²) in [5.41, 5.74) is 2.97. The van der Waals surface area contributed by atoms with Crippen LogP contribution in [-0.4, -0.2) is 23.7 Å². The molecule has 4 heteroatoms. The Bertz CT molecular complexity index is 722. The Balaban J connectivity index is 2.24. The number of unbranched alkanes of at least 4 members (excludes halogenated alkanes) is 1. The summed E-state index contributed by atoms with van der Waals surface area (Å²) in [5, 5.41) is 9.84. The Labute approximate surface area is 161 Å². The SMILES string of the molecule is CCCCOC(=O)[C@@H](Cc1ccc(C)cc1)[C@H](Cc1ccccc1)C(=O)O. The Morgan fingerprint density at radius 2 is 1.52 bits per heavy atom. The summed E-state index contributed by atoms with van der Waals surface area (Å²) in [5.74, 6) is -2.94. The van der Waals surface area contributed by atoms with Gasteiger partial charge in [0.15, 0.2) is 0 Å². The number of esters is 1. The molecule has 2 aromatic carbocycles. The van der Waals surface area contributed by atoms with Gasteiger partial charge in [-0.25, -0.2) is 0 Å². The summed E-state index contributed by atoms with van der Waals surface area (Å²) in [6.45, 7) is 4.35. The van der Waals surface area contributed by atoms with E-state index in [1.165, 1.54) is 0 Å². The average Bonchev–Trinajstić information content (AvgIpc) is 2.66. The number of ether oxygens (including phenoxy) is 1. The second kappa shape index (κ2) is 10.5. The second-order valence-corrected chi connectivity index (χ2v) is 6.95. The molecule has 0 aromatic heterocycles. The summed E-state index contributed by atoms with van der Waals surface area (Å²) < 4.78 is 5.41. The molecule has 0 spiro atoms. The van der Waals surface area contributed by atoms with E-state index in [0.717, 1.165) is 29.5 Å². The standard InChI is InChI=1S/C23H28O4/c1-3-4-14-27-23(26)21(16-19-12-10-17(2)11-13-19)20(22(24)25)15-18-8-6-5-7-9-18/h5-13,20-21H,3-4,14-16H2,1-2H3,(H,24,25)/t20-,21-/m0/s1. The molecule has 1 N–H and O–H groups in total. The molecule has 0 saturated heterocycles. The summed E-state index contributed by atoms with van der Waals surface area (Å²) in [7, 11) is 0. The number of aryl methyl sites for hydroxylation is 1. The Hall–Kier alpha value is -2.62. The van der Waals surface area contributed by atoms with Crippen LogP contribution in [0.2, 0.25) is 0 Å². The molecule has 0 fully saturated rings. The number of carboxylic acids is 1. The minimum Gasteiger partial charge on any atom is -0.481 e. The first-order valence-electron chi connectivity index (χ1n) is 9.50. The first-order valence-corrected chi connectivity index (χ1v) is 9.50. The fraction of sp³-hybridized carbons (Fsp3) is 0.391. The normalized spacial score (nSPS) is 13.0. The zero-order valence-electron chi connectivity index (χ0n) is 16.1. The van der Waals surface area contributed by atoms with Gasteiger partial charge in [-0.05, 0) is 37.3 Å². The van der Waals surface area contributed by atoms with Crippen LogP contribution < -0.4 is 0 Å². The molecule has 0 radical (unpaired) electrons. The van der Waals surface area contributed by atoms with Crippen molar-refractivity contribution < 1.29 is 19.4 Å². The van der Waals surface area contributed by atoms with Gasteiger partial charge in [-0.3, -0.25) is 9.59 Å². The van der Waals surface area contributed by atoms with Crippen LogP contribution in [0.3, 0.4) is 0 Å². The molecule has 2 aromatic rings. The lowest BCUT2D eigenvalue weighted by atomic mass is 9.82. The van der Waals surface area contributed by atoms with Crippen molar-refractivity contribution >= 4 is 11.9 Å². The fourth-order valence-corrected chi connectivity index (χ4v) is 3.06. The summed E-state index contributed by atoms with van der Waals surface area (Å²) >= 11 is 0. The van der Waals surface area contributed by atoms with Crippen LogP contribution >= 0.6 is 0 Å². The molecule has 144 valence electrons. The zero-order chi connectivity index (χ0) is 19.6. The minimum atomic E-state index is -0.969. The molecule has 0 bridgehead atoms. The van der Waals surface area contributed by atoms with E-state index in [1.54, 1.807) is 0 Å². The lowest BCUT2D eigenvalue weighted by Gasteiger charge is -2.23. The number of carbonyl (C=O) groups is 2. The smallest absolute Gasteiger partial charge is 0.310 e. The first kappa shape index (κ1) is 20.7. The summed E-state index contributed by atoms with van der Waals surface area (Å²) in [6, 6.07) is 17.3. The van der Waals surface area contributed by atoms with Gasteiger partial charge in [0.05, 0.1) is 18.4 Å². The van der Waals surface area contributed by atoms with E-state index in [2.05, 4.69) is 0 Å². The van der Waals surface area contributed by atoms with Gasteiger partial charge in [0.1, 0.15) is 0 Å². The van der Waals surface area contributed by atoms with Crippen molar-refractivity contribution in [1.82, 2.24) is 0 Å². The Kier molecular flexibility index (Phi) is 8.05. The van der Waals surface area contributed by atoms with Crippen molar-refractivity contribution in [1.29, 1.82) is 0 Å². The van der Waals surface area contributed by atoms with Gasteiger partial charge in [0.25, 0.3) is 0 Å². The molecule has 0 aliphatic rings. The average molecular weight is 368 g/mol. The van der Waals surface area contributed by atoms with Gasteiger partial charge in [-0.2, -0.15) is 0 Å². The quantitative estimate of drug-likeness (QED) is 0.497. The third-order valence-electron chi connectivity index (χ3n) is 4.72. The molecular weight excluding hydrogens is 340 g/mol. The third kappa shape index (κ3) is 6.55. The van der Waals surface area contributed by atoms with E-state index >= 15 is 0 Å². The number of benzene rings is 2. The number of carboxylic acid groups (broad SMARTS) is 1. The number of hydrogen-bond donors (Lipinski definition) is 1. The van der Waals surface area contributed by atoms with E-state index in [4.69, 9.17) is 4.74 Å². The maximum absolute atomic E-state index is 12.7. The van der Waals surface area contributed by atoms with Crippen LogP contribution in [0.25, 0.3) is 0 Å². The zero-order valence-corrected chi connectivity index (χ0v) is 16.1. The predicted octanol–water partition coefficient (Wildman–Crippen LogP) is 4.44. The van der Waals surface area contributed by atoms with Crippen LogP contribution in [0, 0.1) is 18.8 Å². The number of hydrogen-bond acceptors (Lipinski definition) is 3. The number of rotatable bonds is 10. The maximum atomic E-state index is 12.7. The van der Waals surface area contributed by atoms with Gasteiger partial charge in [-0.1, -0.05) is 73.5 Å². The van der Waals surface area contributed by atoms with E-state index < -0.39 is 23.8 Å². The highest BCUT2D eigenvalue weighted by Gasteiger charge is 2.35. The predicted molar refractivity (Wildman–Crippen MR) is 106 cm³/mol. The molecule has 0 amide bonds. The van der Waals surface area contributed by atoms with Gasteiger partial charge >= 0.3 is 11.9 Å². The fourth-order valence-electron chi connectivity index (χ4n) is 3.06.